The normalized spacial score (nSPS) is 13.2. The van der Waals surface area contributed by atoms with Crippen LogP contribution >= 0.6 is 0 Å². The van der Waals surface area contributed by atoms with Crippen molar-refractivity contribution >= 4 is 9.84 Å². The molecule has 21 heavy (non-hydrogen) atoms. The number of imidazole rings is 1. The van der Waals surface area contributed by atoms with Gasteiger partial charge in [0.25, 0.3) is 0 Å². The highest BCUT2D eigenvalue weighted by Crippen LogP contribution is 2.16. The Morgan fingerprint density at radius 3 is 2.57 bits per heavy atom. The Kier molecular flexibility index (Phi) is 5.14. The van der Waals surface area contributed by atoms with Crippen LogP contribution in [0.4, 0.5) is 0 Å². The van der Waals surface area contributed by atoms with Crippen LogP contribution in [-0.4, -0.2) is 30.8 Å². The van der Waals surface area contributed by atoms with Gasteiger partial charge in [-0.05, 0) is 37.6 Å². The Bertz CT molecular complexity index is 649. The summed E-state index contributed by atoms with van der Waals surface area (Å²) in [6, 6.07) is 7.25. The molecule has 114 valence electrons. The van der Waals surface area contributed by atoms with Crippen LogP contribution in [0.5, 0.6) is 0 Å². The SMILES string of the molecule is CC(NCCCn1ccnc1)c1ccc(S(C)(=O)=O)cc1. The van der Waals surface area contributed by atoms with Crippen LogP contribution in [0.25, 0.3) is 0 Å². The Labute approximate surface area is 125 Å². The van der Waals surface area contributed by atoms with E-state index in [2.05, 4.69) is 17.2 Å². The molecule has 0 aliphatic heterocycles. The minimum Gasteiger partial charge on any atom is -0.337 e. The van der Waals surface area contributed by atoms with E-state index in [0.717, 1.165) is 25.1 Å². The number of hydrogen-bond acceptors (Lipinski definition) is 4. The second-order valence-electron chi connectivity index (χ2n) is 5.17. The topological polar surface area (TPSA) is 64.0 Å². The van der Waals surface area contributed by atoms with Crippen molar-refractivity contribution in [2.24, 2.45) is 0 Å². The fourth-order valence-corrected chi connectivity index (χ4v) is 2.75. The number of aryl methyl sites for hydroxylation is 1. The van der Waals surface area contributed by atoms with Crippen LogP contribution in [0.3, 0.4) is 0 Å². The van der Waals surface area contributed by atoms with E-state index in [1.165, 1.54) is 6.26 Å². The minimum absolute atomic E-state index is 0.196. The van der Waals surface area contributed by atoms with Gasteiger partial charge in [0.15, 0.2) is 9.84 Å². The average molecular weight is 307 g/mol. The molecule has 1 aromatic carbocycles. The van der Waals surface area contributed by atoms with Crippen molar-refractivity contribution in [1.29, 1.82) is 0 Å². The summed E-state index contributed by atoms with van der Waals surface area (Å²) in [5.74, 6) is 0. The van der Waals surface area contributed by atoms with Crippen LogP contribution in [-0.2, 0) is 16.4 Å². The van der Waals surface area contributed by atoms with Gasteiger partial charge in [0.05, 0.1) is 11.2 Å². The largest absolute Gasteiger partial charge is 0.337 e. The van der Waals surface area contributed by atoms with Gasteiger partial charge in [0.1, 0.15) is 0 Å². The maximum Gasteiger partial charge on any atom is 0.175 e. The molecule has 0 aliphatic rings. The summed E-state index contributed by atoms with van der Waals surface area (Å²) in [4.78, 5) is 4.36. The number of benzene rings is 1. The molecule has 1 heterocycles. The Balaban J connectivity index is 1.81. The molecule has 5 nitrogen and oxygen atoms in total. The first kappa shape index (κ1) is 15.7. The molecule has 1 atom stereocenters. The number of nitrogens with zero attached hydrogens (tertiary/aromatic N) is 2. The third-order valence-electron chi connectivity index (χ3n) is 3.41. The zero-order valence-corrected chi connectivity index (χ0v) is 13.2. The van der Waals surface area contributed by atoms with Gasteiger partial charge in [-0.15, -0.1) is 0 Å². The predicted molar refractivity (Wildman–Crippen MR) is 82.8 cm³/mol. The third kappa shape index (κ3) is 4.68. The van der Waals surface area contributed by atoms with Gasteiger partial charge in [-0.2, -0.15) is 0 Å². The van der Waals surface area contributed by atoms with E-state index in [9.17, 15) is 8.42 Å². The van der Waals surface area contributed by atoms with Crippen molar-refractivity contribution in [3.63, 3.8) is 0 Å². The first-order valence-corrected chi connectivity index (χ1v) is 8.85. The van der Waals surface area contributed by atoms with Gasteiger partial charge in [0.2, 0.25) is 0 Å². The molecule has 6 heteroatoms. The molecule has 0 saturated carbocycles. The molecular weight excluding hydrogens is 286 g/mol. The summed E-state index contributed by atoms with van der Waals surface area (Å²) in [5.41, 5.74) is 1.09. The van der Waals surface area contributed by atoms with E-state index in [1.807, 2.05) is 29.2 Å². The van der Waals surface area contributed by atoms with Crippen molar-refractivity contribution < 1.29 is 8.42 Å². The number of rotatable bonds is 7. The van der Waals surface area contributed by atoms with Gasteiger partial charge < -0.3 is 9.88 Å². The molecule has 2 rings (SSSR count). The lowest BCUT2D eigenvalue weighted by Crippen LogP contribution is -2.21. The molecule has 0 amide bonds. The van der Waals surface area contributed by atoms with E-state index in [0.29, 0.717) is 4.90 Å². The zero-order valence-electron chi connectivity index (χ0n) is 12.4. The summed E-state index contributed by atoms with van der Waals surface area (Å²) in [6.07, 6.45) is 7.78. The van der Waals surface area contributed by atoms with E-state index in [1.54, 1.807) is 18.3 Å². The smallest absolute Gasteiger partial charge is 0.175 e. The molecule has 0 radical (unpaired) electrons. The van der Waals surface area contributed by atoms with Crippen molar-refractivity contribution in [2.45, 2.75) is 30.8 Å². The van der Waals surface area contributed by atoms with Gasteiger partial charge >= 0.3 is 0 Å². The fraction of sp³-hybridized carbons (Fsp3) is 0.400. The molecule has 0 saturated heterocycles. The van der Waals surface area contributed by atoms with Crippen molar-refractivity contribution in [1.82, 2.24) is 14.9 Å². The summed E-state index contributed by atoms with van der Waals surface area (Å²) >= 11 is 0. The monoisotopic (exact) mass is 307 g/mol. The quantitative estimate of drug-likeness (QED) is 0.795. The summed E-state index contributed by atoms with van der Waals surface area (Å²) < 4.78 is 24.9. The molecule has 1 aromatic heterocycles. The van der Waals surface area contributed by atoms with Crippen LogP contribution in [0.1, 0.15) is 24.9 Å². The van der Waals surface area contributed by atoms with Gasteiger partial charge in [-0.1, -0.05) is 12.1 Å². The summed E-state index contributed by atoms with van der Waals surface area (Å²) in [7, 11) is -3.12. The minimum atomic E-state index is -3.12. The highest BCUT2D eigenvalue weighted by Gasteiger charge is 2.09. The molecule has 0 spiro atoms. The fourth-order valence-electron chi connectivity index (χ4n) is 2.12. The van der Waals surface area contributed by atoms with Gasteiger partial charge in [-0.3, -0.25) is 0 Å². The average Bonchev–Trinajstić information content (AvgIpc) is 2.96. The van der Waals surface area contributed by atoms with E-state index < -0.39 is 9.84 Å². The van der Waals surface area contributed by atoms with Gasteiger partial charge in [0, 0.05) is 31.2 Å². The van der Waals surface area contributed by atoms with E-state index >= 15 is 0 Å². The first-order valence-electron chi connectivity index (χ1n) is 6.96. The van der Waals surface area contributed by atoms with Crippen LogP contribution in [0.15, 0.2) is 47.9 Å². The zero-order chi connectivity index (χ0) is 15.3. The number of sulfone groups is 1. The predicted octanol–water partition coefficient (Wildman–Crippen LogP) is 2.03. The van der Waals surface area contributed by atoms with Crippen molar-refractivity contribution in [3.8, 4) is 0 Å². The lowest BCUT2D eigenvalue weighted by Gasteiger charge is -2.14. The highest BCUT2D eigenvalue weighted by molar-refractivity contribution is 7.90. The molecular formula is C15H21N3O2S. The molecule has 0 aliphatic carbocycles. The number of aromatic nitrogens is 2. The van der Waals surface area contributed by atoms with E-state index in [-0.39, 0.29) is 6.04 Å². The molecule has 0 bridgehead atoms. The van der Waals surface area contributed by atoms with Crippen LogP contribution in [0.2, 0.25) is 0 Å². The molecule has 0 fully saturated rings. The Morgan fingerprint density at radius 2 is 2.00 bits per heavy atom. The highest BCUT2D eigenvalue weighted by atomic mass is 32.2. The summed E-state index contributed by atoms with van der Waals surface area (Å²) in [5, 5.41) is 3.44. The second-order valence-corrected chi connectivity index (χ2v) is 7.19. The standard InChI is InChI=1S/C15H21N3O2S/c1-13(17-8-3-10-18-11-9-16-12-18)14-4-6-15(7-5-14)21(2,19)20/h4-7,9,11-13,17H,3,8,10H2,1-2H3. The van der Waals surface area contributed by atoms with Crippen LogP contribution < -0.4 is 5.32 Å². The Hall–Kier alpha value is -1.66. The summed E-state index contributed by atoms with van der Waals surface area (Å²) in [6.45, 7) is 3.91. The van der Waals surface area contributed by atoms with Crippen LogP contribution in [0, 0.1) is 0 Å². The van der Waals surface area contributed by atoms with Crippen molar-refractivity contribution in [2.75, 3.05) is 12.8 Å². The molecule has 1 unspecified atom stereocenters. The molecule has 2 aromatic rings. The number of hydrogen-bond donors (Lipinski definition) is 1. The van der Waals surface area contributed by atoms with E-state index in [4.69, 9.17) is 0 Å². The lowest BCUT2D eigenvalue weighted by molar-refractivity contribution is 0.526. The first-order chi connectivity index (χ1) is 9.97. The maximum atomic E-state index is 11.4. The lowest BCUT2D eigenvalue weighted by atomic mass is 10.1. The Morgan fingerprint density at radius 1 is 1.29 bits per heavy atom. The number of nitrogens with one attached hydrogen (secondary N) is 1. The second kappa shape index (κ2) is 6.87. The maximum absolute atomic E-state index is 11.4. The van der Waals surface area contributed by atoms with Crippen molar-refractivity contribution in [3.05, 3.63) is 48.5 Å². The third-order valence-corrected chi connectivity index (χ3v) is 4.54. The van der Waals surface area contributed by atoms with Gasteiger partial charge in [-0.25, -0.2) is 13.4 Å². The molecule has 1 N–H and O–H groups in total.